The lowest BCUT2D eigenvalue weighted by molar-refractivity contribution is 0.475. The highest BCUT2D eigenvalue weighted by Gasteiger charge is 1.95. The van der Waals surface area contributed by atoms with Gasteiger partial charge in [-0.2, -0.15) is 0 Å². The average Bonchev–Trinajstić information content (AvgIpc) is 1.64. The monoisotopic (exact) mass is 142 g/mol. The predicted octanol–water partition coefficient (Wildman–Crippen LogP) is 1.15. The van der Waals surface area contributed by atoms with Gasteiger partial charge in [0.2, 0.25) is 10.5 Å². The van der Waals surface area contributed by atoms with Crippen molar-refractivity contribution in [2.45, 2.75) is 20.8 Å². The van der Waals surface area contributed by atoms with Crippen LogP contribution in [-0.2, 0) is 4.43 Å². The molecule has 0 aromatic heterocycles. The van der Waals surface area contributed by atoms with Crippen molar-refractivity contribution < 1.29 is 4.43 Å². The maximum absolute atomic E-state index is 5.19. The summed E-state index contributed by atoms with van der Waals surface area (Å²) in [5.74, 6) is 0.974. The third-order valence-electron chi connectivity index (χ3n) is 1.05. The molecule has 0 saturated carbocycles. The van der Waals surface area contributed by atoms with Crippen LogP contribution in [0.4, 0.5) is 0 Å². The second-order valence-electron chi connectivity index (χ2n) is 2.31. The molecule has 0 aliphatic carbocycles. The van der Waals surface area contributed by atoms with Crippen LogP contribution in [0.5, 0.6) is 0 Å². The van der Waals surface area contributed by atoms with E-state index in [0.717, 1.165) is 21.8 Å². The zero-order valence-electron chi connectivity index (χ0n) is 6.62. The van der Waals surface area contributed by atoms with Gasteiger partial charge in [-0.15, -0.1) is 0 Å². The van der Waals surface area contributed by atoms with Gasteiger partial charge in [0.15, 0.2) is 0 Å². The third kappa shape index (κ3) is 2.51. The average molecular weight is 142 g/mol. The Labute approximate surface area is 60.0 Å². The van der Waals surface area contributed by atoms with Crippen molar-refractivity contribution in [1.29, 1.82) is 0 Å². The van der Waals surface area contributed by atoms with E-state index < -0.39 is 0 Å². The molecule has 0 radical (unpaired) electrons. The highest BCUT2D eigenvalue weighted by molar-refractivity contribution is 5.99. The lowest BCUT2D eigenvalue weighted by atomic mass is 10.2. The Hall–Kier alpha value is -0.503. The molecule has 0 bridgehead atoms. The van der Waals surface area contributed by atoms with Gasteiger partial charge in [-0.1, -0.05) is 6.58 Å². The van der Waals surface area contributed by atoms with Crippen molar-refractivity contribution in [2.75, 3.05) is 0 Å². The van der Waals surface area contributed by atoms with Crippen LogP contribution in [0.1, 0.15) is 20.8 Å². The van der Waals surface area contributed by atoms with Gasteiger partial charge < -0.3 is 4.43 Å². The molecular formula is C7H14OSi. The Morgan fingerprint density at radius 2 is 1.78 bits per heavy atom. The van der Waals surface area contributed by atoms with Gasteiger partial charge in [0.05, 0.1) is 0 Å². The summed E-state index contributed by atoms with van der Waals surface area (Å²) in [7, 11) is 0.749. The molecule has 0 aliphatic rings. The lowest BCUT2D eigenvalue weighted by Crippen LogP contribution is -1.90. The normalized spacial score (nSPS) is 8.78. The van der Waals surface area contributed by atoms with Crippen LogP contribution in [-0.4, -0.2) is 10.5 Å². The maximum Gasteiger partial charge on any atom is 0.204 e. The van der Waals surface area contributed by atoms with Crippen molar-refractivity contribution in [3.8, 4) is 0 Å². The summed E-state index contributed by atoms with van der Waals surface area (Å²) in [6.45, 7) is 9.80. The van der Waals surface area contributed by atoms with E-state index in [4.69, 9.17) is 4.43 Å². The van der Waals surface area contributed by atoms with Crippen molar-refractivity contribution in [3.05, 3.63) is 23.5 Å². The molecule has 0 unspecified atom stereocenters. The van der Waals surface area contributed by atoms with E-state index in [1.165, 1.54) is 5.57 Å². The van der Waals surface area contributed by atoms with Crippen LogP contribution >= 0.6 is 0 Å². The number of rotatable bonds is 2. The molecule has 0 atom stereocenters. The van der Waals surface area contributed by atoms with E-state index in [0.29, 0.717) is 0 Å². The Bertz CT molecular complexity index is 143. The summed E-state index contributed by atoms with van der Waals surface area (Å²) >= 11 is 0. The molecule has 2 heteroatoms. The van der Waals surface area contributed by atoms with Gasteiger partial charge in [-0.3, -0.25) is 0 Å². The molecule has 0 amide bonds. The van der Waals surface area contributed by atoms with E-state index in [1.54, 1.807) is 0 Å². The van der Waals surface area contributed by atoms with E-state index in [2.05, 4.69) is 6.58 Å². The topological polar surface area (TPSA) is 9.23 Å². The van der Waals surface area contributed by atoms with Crippen LogP contribution in [0.3, 0.4) is 0 Å². The van der Waals surface area contributed by atoms with Crippen molar-refractivity contribution in [1.82, 2.24) is 0 Å². The summed E-state index contributed by atoms with van der Waals surface area (Å²) in [6, 6.07) is 0. The molecule has 0 heterocycles. The van der Waals surface area contributed by atoms with E-state index in [-0.39, 0.29) is 0 Å². The van der Waals surface area contributed by atoms with Crippen LogP contribution in [0, 0.1) is 0 Å². The minimum absolute atomic E-state index is 0.749. The number of hydrogen-bond donors (Lipinski definition) is 0. The van der Waals surface area contributed by atoms with Gasteiger partial charge in [0.1, 0.15) is 5.76 Å². The third-order valence-corrected chi connectivity index (χ3v) is 1.45. The molecule has 52 valence electrons. The maximum atomic E-state index is 5.19. The van der Waals surface area contributed by atoms with Crippen molar-refractivity contribution >= 4 is 10.5 Å². The SMILES string of the molecule is C=C(C)C(O[SiH3])=C(C)C. The molecule has 9 heavy (non-hydrogen) atoms. The van der Waals surface area contributed by atoms with Crippen LogP contribution < -0.4 is 0 Å². The van der Waals surface area contributed by atoms with Crippen LogP contribution in [0.25, 0.3) is 0 Å². The summed E-state index contributed by atoms with van der Waals surface area (Å²) in [4.78, 5) is 0. The second kappa shape index (κ2) is 3.51. The minimum atomic E-state index is 0.749. The molecule has 1 nitrogen and oxygen atoms in total. The largest absolute Gasteiger partial charge is 0.553 e. The van der Waals surface area contributed by atoms with Gasteiger partial charge in [-0.05, 0) is 31.9 Å². The van der Waals surface area contributed by atoms with Gasteiger partial charge >= 0.3 is 0 Å². The molecule has 0 rings (SSSR count). The minimum Gasteiger partial charge on any atom is -0.553 e. The molecule has 0 aromatic rings. The molecule has 0 aromatic carbocycles. The fourth-order valence-corrected chi connectivity index (χ4v) is 1.56. The molecule has 0 N–H and O–H groups in total. The summed E-state index contributed by atoms with van der Waals surface area (Å²) in [6.07, 6.45) is 0. The smallest absolute Gasteiger partial charge is 0.204 e. The Kier molecular flexibility index (Phi) is 3.31. The molecular weight excluding hydrogens is 128 g/mol. The van der Waals surface area contributed by atoms with Crippen LogP contribution in [0.15, 0.2) is 23.5 Å². The highest BCUT2D eigenvalue weighted by Crippen LogP contribution is 2.11. The molecule has 0 fully saturated rings. The van der Waals surface area contributed by atoms with E-state index in [1.807, 2.05) is 20.8 Å². The number of hydrogen-bond acceptors (Lipinski definition) is 1. The van der Waals surface area contributed by atoms with Gasteiger partial charge in [0.25, 0.3) is 0 Å². The molecule has 0 spiro atoms. The first kappa shape index (κ1) is 8.50. The Morgan fingerprint density at radius 1 is 1.33 bits per heavy atom. The molecule has 0 saturated heterocycles. The van der Waals surface area contributed by atoms with Crippen molar-refractivity contribution in [2.24, 2.45) is 0 Å². The summed E-state index contributed by atoms with van der Waals surface area (Å²) < 4.78 is 5.19. The van der Waals surface area contributed by atoms with E-state index in [9.17, 15) is 0 Å². The predicted molar refractivity (Wildman–Crippen MR) is 44.2 cm³/mol. The highest BCUT2D eigenvalue weighted by atomic mass is 28.2. The van der Waals surface area contributed by atoms with Crippen LogP contribution in [0.2, 0.25) is 0 Å². The lowest BCUT2D eigenvalue weighted by Gasteiger charge is -2.07. The Morgan fingerprint density at radius 3 is 1.78 bits per heavy atom. The molecule has 0 aliphatic heterocycles. The second-order valence-corrected chi connectivity index (χ2v) is 2.72. The van der Waals surface area contributed by atoms with Gasteiger partial charge in [0, 0.05) is 0 Å². The van der Waals surface area contributed by atoms with E-state index >= 15 is 0 Å². The first-order valence-electron chi connectivity index (χ1n) is 2.97. The zero-order valence-corrected chi connectivity index (χ0v) is 8.62. The standard InChI is InChI=1S/C7H14OSi/c1-5(2)7(8-9)6(3)4/h1H2,2-4,9H3. The summed E-state index contributed by atoms with van der Waals surface area (Å²) in [5, 5.41) is 0. The fraction of sp³-hybridized carbons (Fsp3) is 0.429. The first-order valence-corrected chi connectivity index (χ1v) is 3.78. The zero-order chi connectivity index (χ0) is 7.44. The first-order chi connectivity index (χ1) is 4.09. The Balaban J connectivity index is 4.35. The number of allylic oxidation sites excluding steroid dienone is 2. The van der Waals surface area contributed by atoms with Crippen molar-refractivity contribution in [3.63, 3.8) is 0 Å². The summed E-state index contributed by atoms with van der Waals surface area (Å²) in [5.41, 5.74) is 2.22. The fourth-order valence-electron chi connectivity index (χ4n) is 0.805. The quantitative estimate of drug-likeness (QED) is 0.319. The van der Waals surface area contributed by atoms with Gasteiger partial charge in [-0.25, -0.2) is 0 Å².